The average Bonchev–Trinajstić information content (AvgIpc) is 2.85. The summed E-state index contributed by atoms with van der Waals surface area (Å²) >= 11 is 0. The van der Waals surface area contributed by atoms with Gasteiger partial charge in [-0.3, -0.25) is 4.99 Å². The lowest BCUT2D eigenvalue weighted by Crippen LogP contribution is -2.36. The van der Waals surface area contributed by atoms with Crippen molar-refractivity contribution in [1.29, 1.82) is 0 Å². The highest BCUT2D eigenvalue weighted by molar-refractivity contribution is 5.85. The molecule has 0 amide bonds. The molecule has 7 nitrogen and oxygen atoms in total. The molecule has 0 radical (unpaired) electrons. The molecule has 1 saturated heterocycles. The normalized spacial score (nSPS) is 15.2. The summed E-state index contributed by atoms with van der Waals surface area (Å²) in [6.07, 6.45) is 1.75. The maximum atomic E-state index is 5.45. The Balaban J connectivity index is 1.43. The van der Waals surface area contributed by atoms with Crippen molar-refractivity contribution >= 4 is 34.9 Å². The van der Waals surface area contributed by atoms with Crippen LogP contribution in [0.2, 0.25) is 0 Å². The molecule has 5 rings (SSSR count). The Morgan fingerprint density at radius 3 is 2.45 bits per heavy atom. The number of ether oxygens (including phenoxy) is 1. The van der Waals surface area contributed by atoms with Crippen LogP contribution in [0.25, 0.3) is 11.3 Å². The molecule has 0 unspecified atom stereocenters. The number of rotatable bonds is 5. The van der Waals surface area contributed by atoms with Crippen LogP contribution >= 0.6 is 0 Å². The maximum Gasteiger partial charge on any atom is 0.138 e. The van der Waals surface area contributed by atoms with Crippen LogP contribution in [0.4, 0.5) is 28.6 Å². The van der Waals surface area contributed by atoms with Crippen LogP contribution in [-0.2, 0) is 11.3 Å². The quantitative estimate of drug-likeness (QED) is 0.577. The van der Waals surface area contributed by atoms with Crippen LogP contribution in [0.1, 0.15) is 5.56 Å². The number of nitrogens with zero attached hydrogens (tertiary/aromatic N) is 3. The molecule has 2 aliphatic heterocycles. The molecule has 1 aromatic heterocycles. The number of benzene rings is 2. The molecule has 2 aromatic carbocycles. The summed E-state index contributed by atoms with van der Waals surface area (Å²) in [6, 6.07) is 18.9. The first-order valence-electron chi connectivity index (χ1n) is 10.6. The minimum atomic E-state index is 0.600. The van der Waals surface area contributed by atoms with Crippen molar-refractivity contribution < 1.29 is 4.74 Å². The first kappa shape index (κ1) is 19.4. The van der Waals surface area contributed by atoms with Gasteiger partial charge in [0.2, 0.25) is 0 Å². The smallest absolute Gasteiger partial charge is 0.138 e. The van der Waals surface area contributed by atoms with Crippen LogP contribution in [0.3, 0.4) is 0 Å². The minimum Gasteiger partial charge on any atom is -0.388 e. The van der Waals surface area contributed by atoms with Crippen LogP contribution in [0.15, 0.2) is 59.6 Å². The number of morpholine rings is 1. The number of hydrogen-bond donors (Lipinski definition) is 3. The number of pyridine rings is 1. The highest BCUT2D eigenvalue weighted by atomic mass is 16.5. The highest BCUT2D eigenvalue weighted by Crippen LogP contribution is 2.33. The molecule has 0 spiro atoms. The van der Waals surface area contributed by atoms with Crippen molar-refractivity contribution in [1.82, 2.24) is 4.98 Å². The van der Waals surface area contributed by atoms with Gasteiger partial charge in [0, 0.05) is 48.3 Å². The fourth-order valence-electron chi connectivity index (χ4n) is 3.89. The number of anilines is 5. The van der Waals surface area contributed by atoms with Crippen molar-refractivity contribution in [2.45, 2.75) is 6.54 Å². The molecule has 7 heteroatoms. The molecule has 0 aliphatic carbocycles. The molecule has 3 heterocycles. The first-order chi connectivity index (χ1) is 15.3. The summed E-state index contributed by atoms with van der Waals surface area (Å²) in [5.74, 6) is 0.827. The number of hydrogen-bond acceptors (Lipinski definition) is 7. The molecule has 2 aliphatic rings. The third-order valence-corrected chi connectivity index (χ3v) is 5.66. The van der Waals surface area contributed by atoms with Gasteiger partial charge in [0.1, 0.15) is 5.82 Å². The van der Waals surface area contributed by atoms with Crippen molar-refractivity contribution in [3.05, 3.63) is 60.2 Å². The molecule has 3 N–H and O–H groups in total. The van der Waals surface area contributed by atoms with E-state index in [0.717, 1.165) is 66.0 Å². The predicted octanol–water partition coefficient (Wildman–Crippen LogP) is 4.32. The number of nitrogens with one attached hydrogen (secondary N) is 3. The van der Waals surface area contributed by atoms with E-state index in [4.69, 9.17) is 9.72 Å². The summed E-state index contributed by atoms with van der Waals surface area (Å²) in [7, 11) is 1.92. The van der Waals surface area contributed by atoms with Gasteiger partial charge in [-0.1, -0.05) is 12.1 Å². The zero-order valence-corrected chi connectivity index (χ0v) is 17.6. The van der Waals surface area contributed by atoms with Crippen LogP contribution in [0.5, 0.6) is 0 Å². The third-order valence-electron chi connectivity index (χ3n) is 5.66. The second-order valence-corrected chi connectivity index (χ2v) is 7.59. The van der Waals surface area contributed by atoms with Gasteiger partial charge >= 0.3 is 0 Å². The Bertz CT molecular complexity index is 1070. The number of fused-ring (bicyclic) bond motifs is 1. The van der Waals surface area contributed by atoms with Gasteiger partial charge in [0.15, 0.2) is 0 Å². The lowest BCUT2D eigenvalue weighted by molar-refractivity contribution is 0.122. The maximum absolute atomic E-state index is 5.45. The second kappa shape index (κ2) is 8.65. The highest BCUT2D eigenvalue weighted by Gasteiger charge is 2.16. The Labute approximate surface area is 182 Å². The van der Waals surface area contributed by atoms with Gasteiger partial charge in [-0.15, -0.1) is 0 Å². The van der Waals surface area contributed by atoms with E-state index in [1.54, 1.807) is 6.34 Å². The van der Waals surface area contributed by atoms with E-state index in [1.807, 2.05) is 7.05 Å². The van der Waals surface area contributed by atoms with Crippen molar-refractivity contribution in [2.75, 3.05) is 54.2 Å². The Morgan fingerprint density at radius 1 is 0.968 bits per heavy atom. The lowest BCUT2D eigenvalue weighted by atomic mass is 10.1. The molecule has 0 bridgehead atoms. The topological polar surface area (TPSA) is 73.8 Å². The van der Waals surface area contributed by atoms with E-state index in [-0.39, 0.29) is 0 Å². The summed E-state index contributed by atoms with van der Waals surface area (Å²) in [4.78, 5) is 11.7. The van der Waals surface area contributed by atoms with Crippen molar-refractivity contribution in [3.8, 4) is 11.3 Å². The predicted molar refractivity (Wildman–Crippen MR) is 128 cm³/mol. The molecular weight excluding hydrogens is 388 g/mol. The molecular formula is C24H26N6O. The number of aliphatic imine (C=N–C) groups is 1. The summed E-state index contributed by atoms with van der Waals surface area (Å²) in [5, 5.41) is 9.94. The van der Waals surface area contributed by atoms with E-state index < -0.39 is 0 Å². The van der Waals surface area contributed by atoms with Gasteiger partial charge in [-0.25, -0.2) is 4.98 Å². The summed E-state index contributed by atoms with van der Waals surface area (Å²) < 4.78 is 5.45. The number of aromatic nitrogens is 1. The monoisotopic (exact) mass is 414 g/mol. The minimum absolute atomic E-state index is 0.600. The van der Waals surface area contributed by atoms with Gasteiger partial charge in [0.25, 0.3) is 0 Å². The zero-order chi connectivity index (χ0) is 21.0. The largest absolute Gasteiger partial charge is 0.388 e. The van der Waals surface area contributed by atoms with E-state index in [2.05, 4.69) is 80.4 Å². The third kappa shape index (κ3) is 4.18. The van der Waals surface area contributed by atoms with Crippen LogP contribution < -0.4 is 20.9 Å². The first-order valence-corrected chi connectivity index (χ1v) is 10.6. The van der Waals surface area contributed by atoms with Crippen molar-refractivity contribution in [2.24, 2.45) is 4.99 Å². The molecule has 0 saturated carbocycles. The Hall–Kier alpha value is -3.58. The van der Waals surface area contributed by atoms with Gasteiger partial charge in [0.05, 0.1) is 37.5 Å². The summed E-state index contributed by atoms with van der Waals surface area (Å²) in [6.45, 7) is 4.03. The van der Waals surface area contributed by atoms with Gasteiger partial charge < -0.3 is 25.6 Å². The van der Waals surface area contributed by atoms with Crippen LogP contribution in [-0.4, -0.2) is 44.7 Å². The van der Waals surface area contributed by atoms with Crippen molar-refractivity contribution in [3.63, 3.8) is 0 Å². The Kier molecular flexibility index (Phi) is 5.41. The lowest BCUT2D eigenvalue weighted by Gasteiger charge is -2.29. The van der Waals surface area contributed by atoms with Crippen LogP contribution in [0, 0.1) is 0 Å². The van der Waals surface area contributed by atoms with Gasteiger partial charge in [-0.2, -0.15) is 0 Å². The fourth-order valence-corrected chi connectivity index (χ4v) is 3.89. The van der Waals surface area contributed by atoms with E-state index in [1.165, 1.54) is 5.69 Å². The molecule has 158 valence electrons. The van der Waals surface area contributed by atoms with E-state index >= 15 is 0 Å². The second-order valence-electron chi connectivity index (χ2n) is 7.59. The standard InChI is InChI=1S/C24H26N6O/c1-25-18-4-2-17(3-5-18)22-14-23-21(15-26-16-27-23)24(29-22)28-19-6-8-20(9-7-19)30-10-12-31-13-11-30/h2-9,14,16,25H,10-13,15H2,1H3,(H,26,27)(H,28,29). The van der Waals surface area contributed by atoms with E-state index in [0.29, 0.717) is 6.54 Å². The molecule has 3 aromatic rings. The summed E-state index contributed by atoms with van der Waals surface area (Å²) in [5.41, 5.74) is 7.37. The van der Waals surface area contributed by atoms with Gasteiger partial charge in [-0.05, 0) is 42.5 Å². The zero-order valence-electron chi connectivity index (χ0n) is 17.6. The molecule has 31 heavy (non-hydrogen) atoms. The molecule has 1 fully saturated rings. The molecule has 0 atom stereocenters. The fraction of sp³-hybridized carbons (Fsp3) is 0.250. The Morgan fingerprint density at radius 2 is 1.71 bits per heavy atom. The van der Waals surface area contributed by atoms with E-state index in [9.17, 15) is 0 Å². The average molecular weight is 415 g/mol. The SMILES string of the molecule is CNc1ccc(-c2cc3c(c(Nc4ccc(N5CCOCC5)cc4)n2)CN=CN3)cc1.